The zero-order chi connectivity index (χ0) is 18.5. The number of carbonyl (C=O) groups excluding carboxylic acids is 1. The first kappa shape index (κ1) is 18.0. The van der Waals surface area contributed by atoms with E-state index in [2.05, 4.69) is 0 Å². The number of likely N-dealkylation sites (tertiary alicyclic amines) is 1. The molecule has 2 aliphatic carbocycles. The van der Waals surface area contributed by atoms with E-state index in [0.717, 1.165) is 0 Å². The Hall–Kier alpha value is -1.40. The number of hydrogen-bond acceptors (Lipinski definition) is 3. The smallest absolute Gasteiger partial charge is 0.249 e. The predicted octanol–water partition coefficient (Wildman–Crippen LogP) is 3.36. The third-order valence-corrected chi connectivity index (χ3v) is 6.15. The molecule has 1 aliphatic heterocycles. The van der Waals surface area contributed by atoms with Gasteiger partial charge in [0.05, 0.1) is 6.10 Å². The predicted molar refractivity (Wildman–Crippen MR) is 92.3 cm³/mol. The molecule has 1 N–H and O–H groups in total. The number of amides is 1. The summed E-state index contributed by atoms with van der Waals surface area (Å²) >= 11 is 5.97. The van der Waals surface area contributed by atoms with Gasteiger partial charge in [0.1, 0.15) is 11.9 Å². The third-order valence-electron chi connectivity index (χ3n) is 5.92. The highest BCUT2D eigenvalue weighted by Crippen LogP contribution is 2.45. The van der Waals surface area contributed by atoms with Crippen molar-refractivity contribution >= 4 is 17.5 Å². The number of hydrogen-bond donors (Lipinski definition) is 1. The highest BCUT2D eigenvalue weighted by molar-refractivity contribution is 6.30. The van der Waals surface area contributed by atoms with Crippen LogP contribution in [0.15, 0.2) is 24.3 Å². The van der Waals surface area contributed by atoms with Crippen LogP contribution in [0.4, 0.5) is 8.78 Å². The van der Waals surface area contributed by atoms with E-state index in [-0.39, 0.29) is 36.7 Å². The van der Waals surface area contributed by atoms with Crippen LogP contribution in [0.1, 0.15) is 25.7 Å². The van der Waals surface area contributed by atoms with Gasteiger partial charge >= 0.3 is 0 Å². The first-order valence-electron chi connectivity index (χ1n) is 9.07. The number of alkyl halides is 2. The second-order valence-corrected chi connectivity index (χ2v) is 8.31. The molecule has 3 fully saturated rings. The Balaban J connectivity index is 1.37. The Kier molecular flexibility index (Phi) is 4.59. The summed E-state index contributed by atoms with van der Waals surface area (Å²) in [7, 11) is 0. The van der Waals surface area contributed by atoms with Crippen LogP contribution in [0, 0.1) is 17.8 Å². The van der Waals surface area contributed by atoms with Crippen molar-refractivity contribution in [2.75, 3.05) is 13.1 Å². The fourth-order valence-electron chi connectivity index (χ4n) is 4.51. The van der Waals surface area contributed by atoms with Crippen molar-refractivity contribution in [3.63, 3.8) is 0 Å². The molecule has 1 heterocycles. The number of ether oxygens (including phenoxy) is 1. The minimum Gasteiger partial charge on any atom is -0.488 e. The Labute approximate surface area is 156 Å². The summed E-state index contributed by atoms with van der Waals surface area (Å²) in [5.74, 6) is -2.34. The topological polar surface area (TPSA) is 49.8 Å². The zero-order valence-electron chi connectivity index (χ0n) is 14.3. The van der Waals surface area contributed by atoms with Crippen LogP contribution < -0.4 is 4.74 Å². The summed E-state index contributed by atoms with van der Waals surface area (Å²) in [4.78, 5) is 14.1. The maximum absolute atomic E-state index is 13.0. The molecule has 4 rings (SSSR count). The Morgan fingerprint density at radius 2 is 1.92 bits per heavy atom. The van der Waals surface area contributed by atoms with Gasteiger partial charge < -0.3 is 14.7 Å². The molecule has 1 amide bonds. The van der Waals surface area contributed by atoms with Gasteiger partial charge in [-0.05, 0) is 42.9 Å². The van der Waals surface area contributed by atoms with Crippen molar-refractivity contribution in [3.05, 3.63) is 29.3 Å². The van der Waals surface area contributed by atoms with Crippen LogP contribution in [0.3, 0.4) is 0 Å². The van der Waals surface area contributed by atoms with Crippen LogP contribution in [-0.4, -0.2) is 47.1 Å². The number of benzene rings is 1. The van der Waals surface area contributed by atoms with Crippen LogP contribution in [-0.2, 0) is 4.79 Å². The Bertz CT molecular complexity index is 693. The van der Waals surface area contributed by atoms with Gasteiger partial charge in [0.15, 0.2) is 0 Å². The van der Waals surface area contributed by atoms with Gasteiger partial charge in [0.25, 0.3) is 0 Å². The quantitative estimate of drug-likeness (QED) is 0.868. The summed E-state index contributed by atoms with van der Waals surface area (Å²) in [6.07, 6.45) is -0.429. The first-order chi connectivity index (χ1) is 12.3. The number of aliphatic hydroxyl groups is 1. The molecule has 142 valence electrons. The van der Waals surface area contributed by atoms with E-state index in [1.54, 1.807) is 29.2 Å². The molecule has 1 saturated heterocycles. The molecule has 4 nitrogen and oxygen atoms in total. The van der Waals surface area contributed by atoms with Crippen LogP contribution in [0.2, 0.25) is 5.02 Å². The van der Waals surface area contributed by atoms with Gasteiger partial charge in [-0.2, -0.15) is 0 Å². The molecule has 0 spiro atoms. The lowest BCUT2D eigenvalue weighted by atomic mass is 9.78. The minimum absolute atomic E-state index is 0.160. The lowest BCUT2D eigenvalue weighted by Crippen LogP contribution is -2.46. The van der Waals surface area contributed by atoms with Gasteiger partial charge in [0.2, 0.25) is 11.8 Å². The average molecular weight is 386 g/mol. The summed E-state index contributed by atoms with van der Waals surface area (Å²) in [5.41, 5.74) is 0. The molecular weight excluding hydrogens is 364 g/mol. The fraction of sp³-hybridized carbons (Fsp3) is 0.632. The van der Waals surface area contributed by atoms with Crippen molar-refractivity contribution < 1.29 is 23.4 Å². The number of rotatable bonds is 3. The molecule has 2 saturated carbocycles. The Morgan fingerprint density at radius 1 is 1.23 bits per heavy atom. The Morgan fingerprint density at radius 3 is 2.58 bits per heavy atom. The zero-order valence-corrected chi connectivity index (χ0v) is 15.0. The molecule has 1 aromatic carbocycles. The van der Waals surface area contributed by atoms with E-state index < -0.39 is 17.9 Å². The van der Waals surface area contributed by atoms with Gasteiger partial charge in [-0.15, -0.1) is 0 Å². The number of aliphatic hydroxyl groups excluding tert-OH is 1. The standard InChI is InChI=1S/C19H22ClF2NO3/c20-14-2-1-3-15(6-14)26-17-5-12-10-23(9-11(12)4-16(17)24)18(25)13-7-19(21,22)8-13/h1-3,6,11-13,16-17,24H,4-5,7-10H2/t11-,12+,16+,17+/m0/s1. The second-order valence-electron chi connectivity index (χ2n) is 7.88. The van der Waals surface area contributed by atoms with E-state index in [4.69, 9.17) is 16.3 Å². The highest BCUT2D eigenvalue weighted by Gasteiger charge is 2.52. The number of fused-ring (bicyclic) bond motifs is 1. The lowest BCUT2D eigenvalue weighted by molar-refractivity contribution is -0.159. The summed E-state index contributed by atoms with van der Waals surface area (Å²) in [6, 6.07) is 7.06. The van der Waals surface area contributed by atoms with Gasteiger partial charge in [-0.3, -0.25) is 4.79 Å². The maximum atomic E-state index is 13.0. The van der Waals surface area contributed by atoms with Crippen LogP contribution >= 0.6 is 11.6 Å². The van der Waals surface area contributed by atoms with Crippen molar-refractivity contribution in [3.8, 4) is 5.75 Å². The molecule has 3 aliphatic rings. The summed E-state index contributed by atoms with van der Waals surface area (Å²) in [5, 5.41) is 11.0. The molecule has 0 bridgehead atoms. The largest absolute Gasteiger partial charge is 0.488 e. The van der Waals surface area contributed by atoms with Crippen molar-refractivity contribution in [2.45, 2.75) is 43.8 Å². The molecule has 7 heteroatoms. The molecule has 1 aromatic rings. The van der Waals surface area contributed by atoms with Gasteiger partial charge in [0, 0.05) is 36.9 Å². The van der Waals surface area contributed by atoms with Crippen molar-refractivity contribution in [1.82, 2.24) is 4.90 Å². The van der Waals surface area contributed by atoms with E-state index in [9.17, 15) is 18.7 Å². The SMILES string of the molecule is O=C(C1CC(F)(F)C1)N1C[C@H]2C[C@@H](Oc3cccc(Cl)c3)[C@H](O)C[C@H]2C1. The van der Waals surface area contributed by atoms with Crippen molar-refractivity contribution in [2.24, 2.45) is 17.8 Å². The van der Waals surface area contributed by atoms with Crippen LogP contribution in [0.25, 0.3) is 0 Å². The summed E-state index contributed by atoms with van der Waals surface area (Å²) in [6.45, 7) is 1.11. The molecule has 0 unspecified atom stereocenters. The highest BCUT2D eigenvalue weighted by atomic mass is 35.5. The van der Waals surface area contributed by atoms with Crippen molar-refractivity contribution in [1.29, 1.82) is 0 Å². The monoisotopic (exact) mass is 385 g/mol. The molecule has 0 aromatic heterocycles. The van der Waals surface area contributed by atoms with E-state index in [1.165, 1.54) is 0 Å². The number of carbonyl (C=O) groups is 1. The molecular formula is C19H22ClF2NO3. The maximum Gasteiger partial charge on any atom is 0.249 e. The van der Waals surface area contributed by atoms with Crippen LogP contribution in [0.5, 0.6) is 5.75 Å². The summed E-state index contributed by atoms with van der Waals surface area (Å²) < 4.78 is 32.0. The first-order valence-corrected chi connectivity index (χ1v) is 9.45. The van der Waals surface area contributed by atoms with E-state index >= 15 is 0 Å². The molecule has 0 radical (unpaired) electrons. The lowest BCUT2D eigenvalue weighted by Gasteiger charge is -2.36. The fourth-order valence-corrected chi connectivity index (χ4v) is 4.69. The molecule has 4 atom stereocenters. The minimum atomic E-state index is -2.68. The van der Waals surface area contributed by atoms with E-state index in [0.29, 0.717) is 36.7 Å². The normalized spacial score (nSPS) is 33.5. The second kappa shape index (κ2) is 6.64. The average Bonchev–Trinajstić information content (AvgIpc) is 2.95. The molecule has 26 heavy (non-hydrogen) atoms. The van der Waals surface area contributed by atoms with Gasteiger partial charge in [-0.1, -0.05) is 17.7 Å². The van der Waals surface area contributed by atoms with Gasteiger partial charge in [-0.25, -0.2) is 8.78 Å². The van der Waals surface area contributed by atoms with E-state index in [1.807, 2.05) is 0 Å². The third kappa shape index (κ3) is 3.54. The number of halogens is 3. The number of nitrogens with zero attached hydrogens (tertiary/aromatic N) is 1.